The Labute approximate surface area is 107 Å². The van der Waals surface area contributed by atoms with Crippen LogP contribution < -0.4 is 5.73 Å². The van der Waals surface area contributed by atoms with Crippen molar-refractivity contribution in [2.45, 2.75) is 6.42 Å². The molecule has 0 aliphatic carbocycles. The van der Waals surface area contributed by atoms with E-state index >= 15 is 0 Å². The number of nitro groups is 1. The van der Waals surface area contributed by atoms with Gasteiger partial charge in [0.1, 0.15) is 5.02 Å². The normalized spacial score (nSPS) is 10.6. The number of aromatic nitrogens is 3. The molecule has 0 aliphatic rings. The number of rotatable bonds is 4. The third kappa shape index (κ3) is 2.31. The first-order valence-electron chi connectivity index (χ1n) is 5.17. The third-order valence-electron chi connectivity index (χ3n) is 2.39. The van der Waals surface area contributed by atoms with Crippen molar-refractivity contribution < 1.29 is 4.92 Å². The SMILES string of the molecule is NCCc1cnnn1-c1ccc(Cl)c([N+](=O)[O-])c1. The number of halogens is 1. The molecule has 0 radical (unpaired) electrons. The number of nitrogens with two attached hydrogens (primary N) is 1. The summed E-state index contributed by atoms with van der Waals surface area (Å²) in [6.45, 7) is 0.447. The monoisotopic (exact) mass is 267 g/mol. The van der Waals surface area contributed by atoms with E-state index in [1.807, 2.05) is 0 Å². The summed E-state index contributed by atoms with van der Waals surface area (Å²) in [4.78, 5) is 10.3. The van der Waals surface area contributed by atoms with Gasteiger partial charge in [-0.05, 0) is 18.7 Å². The molecule has 0 aliphatic heterocycles. The highest BCUT2D eigenvalue weighted by Crippen LogP contribution is 2.26. The highest BCUT2D eigenvalue weighted by atomic mass is 35.5. The minimum atomic E-state index is -0.536. The molecular formula is C10H10ClN5O2. The van der Waals surface area contributed by atoms with Crippen LogP contribution in [0.2, 0.25) is 5.02 Å². The summed E-state index contributed by atoms with van der Waals surface area (Å²) in [5, 5.41) is 18.5. The smallest absolute Gasteiger partial charge is 0.290 e. The van der Waals surface area contributed by atoms with E-state index in [1.165, 1.54) is 16.8 Å². The zero-order chi connectivity index (χ0) is 13.1. The van der Waals surface area contributed by atoms with E-state index in [9.17, 15) is 10.1 Å². The third-order valence-corrected chi connectivity index (χ3v) is 2.71. The Hall–Kier alpha value is -1.99. The van der Waals surface area contributed by atoms with Crippen LogP contribution in [0.3, 0.4) is 0 Å². The maximum atomic E-state index is 10.8. The van der Waals surface area contributed by atoms with Gasteiger partial charge in [0, 0.05) is 12.5 Å². The minimum absolute atomic E-state index is 0.0873. The lowest BCUT2D eigenvalue weighted by Crippen LogP contribution is -2.09. The molecule has 2 N–H and O–H groups in total. The number of benzene rings is 1. The lowest BCUT2D eigenvalue weighted by Gasteiger charge is -2.05. The summed E-state index contributed by atoms with van der Waals surface area (Å²) in [6.07, 6.45) is 2.16. The number of hydrogen-bond acceptors (Lipinski definition) is 5. The van der Waals surface area contributed by atoms with Crippen molar-refractivity contribution in [3.8, 4) is 5.69 Å². The van der Waals surface area contributed by atoms with Gasteiger partial charge in [-0.2, -0.15) is 0 Å². The molecule has 0 saturated carbocycles. The lowest BCUT2D eigenvalue weighted by atomic mass is 10.2. The summed E-state index contributed by atoms with van der Waals surface area (Å²) >= 11 is 5.75. The largest absolute Gasteiger partial charge is 0.330 e. The molecular weight excluding hydrogens is 258 g/mol. The summed E-state index contributed by atoms with van der Waals surface area (Å²) in [5.74, 6) is 0. The molecule has 7 nitrogen and oxygen atoms in total. The van der Waals surface area contributed by atoms with Gasteiger partial charge in [0.15, 0.2) is 0 Å². The van der Waals surface area contributed by atoms with Gasteiger partial charge >= 0.3 is 0 Å². The minimum Gasteiger partial charge on any atom is -0.330 e. The average Bonchev–Trinajstić information content (AvgIpc) is 2.78. The van der Waals surface area contributed by atoms with Crippen molar-refractivity contribution in [3.05, 3.63) is 45.2 Å². The van der Waals surface area contributed by atoms with Crippen molar-refractivity contribution in [3.63, 3.8) is 0 Å². The molecule has 8 heteroatoms. The maximum Gasteiger partial charge on any atom is 0.290 e. The average molecular weight is 268 g/mol. The zero-order valence-electron chi connectivity index (χ0n) is 9.28. The first-order chi connectivity index (χ1) is 8.63. The van der Waals surface area contributed by atoms with Crippen LogP contribution in [0.1, 0.15) is 5.69 Å². The molecule has 0 atom stereocenters. The van der Waals surface area contributed by atoms with Crippen LogP contribution in [0.15, 0.2) is 24.4 Å². The number of nitrogens with zero attached hydrogens (tertiary/aromatic N) is 4. The van der Waals surface area contributed by atoms with Crippen LogP contribution in [0.5, 0.6) is 0 Å². The van der Waals surface area contributed by atoms with Gasteiger partial charge in [0.05, 0.1) is 22.5 Å². The van der Waals surface area contributed by atoms with Gasteiger partial charge < -0.3 is 5.73 Å². The molecule has 0 spiro atoms. The Morgan fingerprint density at radius 1 is 1.50 bits per heavy atom. The summed E-state index contributed by atoms with van der Waals surface area (Å²) in [6, 6.07) is 4.46. The molecule has 94 valence electrons. The molecule has 0 amide bonds. The fourth-order valence-electron chi connectivity index (χ4n) is 1.56. The van der Waals surface area contributed by atoms with Gasteiger partial charge in [0.2, 0.25) is 0 Å². The van der Waals surface area contributed by atoms with Crippen molar-refractivity contribution in [2.75, 3.05) is 6.54 Å². The molecule has 2 aromatic rings. The van der Waals surface area contributed by atoms with Crippen LogP contribution in [-0.4, -0.2) is 26.5 Å². The first kappa shape index (κ1) is 12.5. The lowest BCUT2D eigenvalue weighted by molar-refractivity contribution is -0.384. The predicted octanol–water partition coefficient (Wildman–Crippen LogP) is 1.33. The Morgan fingerprint density at radius 2 is 2.28 bits per heavy atom. The van der Waals surface area contributed by atoms with Crippen LogP contribution >= 0.6 is 11.6 Å². The van der Waals surface area contributed by atoms with Gasteiger partial charge in [-0.1, -0.05) is 16.8 Å². The fourth-order valence-corrected chi connectivity index (χ4v) is 1.75. The van der Waals surface area contributed by atoms with Crippen molar-refractivity contribution in [2.24, 2.45) is 5.73 Å². The van der Waals surface area contributed by atoms with Gasteiger partial charge in [0.25, 0.3) is 5.69 Å². The fraction of sp³-hybridized carbons (Fsp3) is 0.200. The Balaban J connectivity index is 2.47. The molecule has 1 aromatic carbocycles. The number of nitro benzene ring substituents is 1. The van der Waals surface area contributed by atoms with E-state index in [-0.39, 0.29) is 10.7 Å². The molecule has 0 unspecified atom stereocenters. The Morgan fingerprint density at radius 3 is 2.94 bits per heavy atom. The van der Waals surface area contributed by atoms with Crippen molar-refractivity contribution in [1.82, 2.24) is 15.0 Å². The van der Waals surface area contributed by atoms with E-state index < -0.39 is 4.92 Å². The van der Waals surface area contributed by atoms with E-state index in [2.05, 4.69) is 10.3 Å². The van der Waals surface area contributed by atoms with E-state index in [1.54, 1.807) is 12.3 Å². The highest BCUT2D eigenvalue weighted by Gasteiger charge is 2.15. The van der Waals surface area contributed by atoms with Crippen LogP contribution in [0, 0.1) is 10.1 Å². The summed E-state index contributed by atoms with van der Waals surface area (Å²) < 4.78 is 1.51. The van der Waals surface area contributed by atoms with Gasteiger partial charge in [-0.25, -0.2) is 4.68 Å². The van der Waals surface area contributed by atoms with Crippen LogP contribution in [0.4, 0.5) is 5.69 Å². The molecule has 1 heterocycles. The molecule has 1 aromatic heterocycles. The topological polar surface area (TPSA) is 99.9 Å². The van der Waals surface area contributed by atoms with E-state index in [4.69, 9.17) is 17.3 Å². The maximum absolute atomic E-state index is 10.8. The highest BCUT2D eigenvalue weighted by molar-refractivity contribution is 6.32. The second-order valence-corrected chi connectivity index (χ2v) is 3.98. The van der Waals surface area contributed by atoms with Crippen molar-refractivity contribution in [1.29, 1.82) is 0 Å². The quantitative estimate of drug-likeness (QED) is 0.665. The molecule has 0 saturated heterocycles. The molecule has 0 fully saturated rings. The molecule has 2 rings (SSSR count). The molecule has 18 heavy (non-hydrogen) atoms. The van der Waals surface area contributed by atoms with Gasteiger partial charge in [-0.3, -0.25) is 10.1 Å². The van der Waals surface area contributed by atoms with Crippen LogP contribution in [0.25, 0.3) is 5.69 Å². The Kier molecular flexibility index (Phi) is 3.54. The summed E-state index contributed by atoms with van der Waals surface area (Å²) in [5.41, 5.74) is 6.63. The standard InChI is InChI=1S/C10H10ClN5O2/c11-9-2-1-7(5-10(9)16(17)18)15-8(3-4-12)6-13-14-15/h1-2,5-6H,3-4,12H2. The zero-order valence-corrected chi connectivity index (χ0v) is 10.0. The first-order valence-corrected chi connectivity index (χ1v) is 5.55. The molecule has 0 bridgehead atoms. The number of hydrogen-bond donors (Lipinski definition) is 1. The summed E-state index contributed by atoms with van der Waals surface area (Å²) in [7, 11) is 0. The Bertz CT molecular complexity index is 583. The second kappa shape index (κ2) is 5.11. The van der Waals surface area contributed by atoms with Crippen LogP contribution in [-0.2, 0) is 6.42 Å². The van der Waals surface area contributed by atoms with E-state index in [0.717, 1.165) is 5.69 Å². The van der Waals surface area contributed by atoms with Gasteiger partial charge in [-0.15, -0.1) is 5.10 Å². The van der Waals surface area contributed by atoms with Crippen molar-refractivity contribution >= 4 is 17.3 Å². The predicted molar refractivity (Wildman–Crippen MR) is 65.8 cm³/mol. The van der Waals surface area contributed by atoms with E-state index in [0.29, 0.717) is 18.7 Å². The second-order valence-electron chi connectivity index (χ2n) is 3.57.